The molecule has 0 aromatic heterocycles. The summed E-state index contributed by atoms with van der Waals surface area (Å²) in [5.41, 5.74) is 5.95. The SMILES string of the molecule is NCCc1cc2c(cc1F)OCCO2. The van der Waals surface area contributed by atoms with E-state index in [-0.39, 0.29) is 5.82 Å². The number of nitrogens with two attached hydrogens (primary N) is 1. The van der Waals surface area contributed by atoms with Gasteiger partial charge in [-0.2, -0.15) is 0 Å². The van der Waals surface area contributed by atoms with E-state index < -0.39 is 0 Å². The molecular weight excluding hydrogens is 185 g/mol. The number of halogens is 1. The van der Waals surface area contributed by atoms with E-state index >= 15 is 0 Å². The third kappa shape index (κ3) is 1.65. The first-order valence-corrected chi connectivity index (χ1v) is 4.59. The van der Waals surface area contributed by atoms with Crippen molar-refractivity contribution >= 4 is 0 Å². The molecule has 2 N–H and O–H groups in total. The molecular formula is C10H12FNO2. The minimum atomic E-state index is -0.278. The van der Waals surface area contributed by atoms with Crippen LogP contribution in [-0.4, -0.2) is 19.8 Å². The summed E-state index contributed by atoms with van der Waals surface area (Å²) in [7, 11) is 0. The Morgan fingerprint density at radius 3 is 2.50 bits per heavy atom. The highest BCUT2D eigenvalue weighted by Gasteiger charge is 2.15. The second kappa shape index (κ2) is 3.84. The van der Waals surface area contributed by atoms with Crippen LogP contribution < -0.4 is 15.2 Å². The minimum absolute atomic E-state index is 0.278. The van der Waals surface area contributed by atoms with E-state index in [1.807, 2.05) is 0 Å². The second-order valence-corrected chi connectivity index (χ2v) is 3.13. The molecule has 0 unspecified atom stereocenters. The van der Waals surface area contributed by atoms with Crippen LogP contribution in [0.2, 0.25) is 0 Å². The van der Waals surface area contributed by atoms with Crippen molar-refractivity contribution in [3.8, 4) is 11.5 Å². The molecule has 1 aromatic carbocycles. The first-order valence-electron chi connectivity index (χ1n) is 4.59. The van der Waals surface area contributed by atoms with E-state index in [2.05, 4.69) is 0 Å². The van der Waals surface area contributed by atoms with Crippen LogP contribution in [0.5, 0.6) is 11.5 Å². The number of hydrogen-bond acceptors (Lipinski definition) is 3. The zero-order chi connectivity index (χ0) is 9.97. The summed E-state index contributed by atoms with van der Waals surface area (Å²) in [4.78, 5) is 0. The van der Waals surface area contributed by atoms with Crippen molar-refractivity contribution in [1.29, 1.82) is 0 Å². The van der Waals surface area contributed by atoms with Gasteiger partial charge in [0.15, 0.2) is 11.5 Å². The molecule has 0 aliphatic carbocycles. The van der Waals surface area contributed by atoms with Gasteiger partial charge in [-0.05, 0) is 24.6 Å². The van der Waals surface area contributed by atoms with Gasteiger partial charge >= 0.3 is 0 Å². The van der Waals surface area contributed by atoms with Gasteiger partial charge in [-0.3, -0.25) is 0 Å². The fourth-order valence-corrected chi connectivity index (χ4v) is 1.45. The molecule has 76 valence electrons. The van der Waals surface area contributed by atoms with Gasteiger partial charge < -0.3 is 15.2 Å². The molecule has 4 heteroatoms. The lowest BCUT2D eigenvalue weighted by Crippen LogP contribution is -2.16. The first kappa shape index (κ1) is 9.27. The summed E-state index contributed by atoms with van der Waals surface area (Å²) in [5, 5.41) is 0. The fourth-order valence-electron chi connectivity index (χ4n) is 1.45. The zero-order valence-electron chi connectivity index (χ0n) is 7.75. The fraction of sp³-hybridized carbons (Fsp3) is 0.400. The van der Waals surface area contributed by atoms with Crippen LogP contribution in [0.1, 0.15) is 5.56 Å². The molecule has 0 bridgehead atoms. The summed E-state index contributed by atoms with van der Waals surface area (Å²) in [6.07, 6.45) is 0.516. The largest absolute Gasteiger partial charge is 0.486 e. The third-order valence-corrected chi connectivity index (χ3v) is 2.12. The Labute approximate surface area is 81.6 Å². The van der Waals surface area contributed by atoms with E-state index in [1.165, 1.54) is 6.07 Å². The number of benzene rings is 1. The first-order chi connectivity index (χ1) is 6.81. The predicted octanol–water partition coefficient (Wildman–Crippen LogP) is 1.10. The summed E-state index contributed by atoms with van der Waals surface area (Å²) < 4.78 is 23.9. The van der Waals surface area contributed by atoms with Crippen molar-refractivity contribution in [2.75, 3.05) is 19.8 Å². The van der Waals surface area contributed by atoms with Crippen LogP contribution in [0.15, 0.2) is 12.1 Å². The van der Waals surface area contributed by atoms with Gasteiger partial charge in [0.2, 0.25) is 0 Å². The molecule has 1 aliphatic heterocycles. The number of ether oxygens (including phenoxy) is 2. The van der Waals surface area contributed by atoms with Crippen molar-refractivity contribution in [1.82, 2.24) is 0 Å². The molecule has 0 atom stereocenters. The lowest BCUT2D eigenvalue weighted by atomic mass is 10.1. The Balaban J connectivity index is 2.35. The Bertz CT molecular complexity index is 341. The Morgan fingerprint density at radius 2 is 1.86 bits per heavy atom. The maximum Gasteiger partial charge on any atom is 0.164 e. The minimum Gasteiger partial charge on any atom is -0.486 e. The number of rotatable bonds is 2. The summed E-state index contributed by atoms with van der Waals surface area (Å²) in [6, 6.07) is 3.02. The van der Waals surface area contributed by atoms with E-state index in [1.54, 1.807) is 6.07 Å². The molecule has 0 saturated carbocycles. The quantitative estimate of drug-likeness (QED) is 0.772. The summed E-state index contributed by atoms with van der Waals surface area (Å²) in [6.45, 7) is 1.42. The van der Waals surface area contributed by atoms with Crippen LogP contribution in [0, 0.1) is 5.82 Å². The van der Waals surface area contributed by atoms with Crippen molar-refractivity contribution in [3.63, 3.8) is 0 Å². The molecule has 0 spiro atoms. The Kier molecular flexibility index (Phi) is 2.54. The molecule has 3 nitrogen and oxygen atoms in total. The molecule has 0 saturated heterocycles. The van der Waals surface area contributed by atoms with Crippen LogP contribution >= 0.6 is 0 Å². The molecule has 14 heavy (non-hydrogen) atoms. The standard InChI is InChI=1S/C10H12FNO2/c11-8-6-10-9(13-3-4-14-10)5-7(8)1-2-12/h5-6H,1-4,12H2. The molecule has 1 aliphatic rings. The van der Waals surface area contributed by atoms with Crippen LogP contribution in [0.25, 0.3) is 0 Å². The predicted molar refractivity (Wildman–Crippen MR) is 50.1 cm³/mol. The van der Waals surface area contributed by atoms with E-state index in [0.717, 1.165) is 0 Å². The van der Waals surface area contributed by atoms with Gasteiger partial charge in [0.1, 0.15) is 19.0 Å². The summed E-state index contributed by atoms with van der Waals surface area (Å²) in [5.74, 6) is 0.815. The molecule has 1 heterocycles. The maximum atomic E-state index is 13.4. The van der Waals surface area contributed by atoms with Gasteiger partial charge in [-0.25, -0.2) is 4.39 Å². The Hall–Kier alpha value is -1.29. The zero-order valence-corrected chi connectivity index (χ0v) is 7.75. The van der Waals surface area contributed by atoms with Crippen LogP contribution in [0.3, 0.4) is 0 Å². The molecule has 1 aromatic rings. The monoisotopic (exact) mass is 197 g/mol. The van der Waals surface area contributed by atoms with Crippen LogP contribution in [0.4, 0.5) is 4.39 Å². The van der Waals surface area contributed by atoms with Gasteiger partial charge in [0.05, 0.1) is 0 Å². The van der Waals surface area contributed by atoms with Gasteiger partial charge in [-0.15, -0.1) is 0 Å². The molecule has 0 radical (unpaired) electrons. The van der Waals surface area contributed by atoms with Gasteiger partial charge in [-0.1, -0.05) is 0 Å². The average molecular weight is 197 g/mol. The smallest absolute Gasteiger partial charge is 0.164 e. The number of hydrogen-bond donors (Lipinski definition) is 1. The molecule has 0 fully saturated rings. The Morgan fingerprint density at radius 1 is 1.21 bits per heavy atom. The lowest BCUT2D eigenvalue weighted by Gasteiger charge is -2.19. The second-order valence-electron chi connectivity index (χ2n) is 3.13. The maximum absolute atomic E-state index is 13.4. The topological polar surface area (TPSA) is 44.5 Å². The third-order valence-electron chi connectivity index (χ3n) is 2.12. The highest BCUT2D eigenvalue weighted by molar-refractivity contribution is 5.44. The summed E-state index contributed by atoms with van der Waals surface area (Å²) >= 11 is 0. The van der Waals surface area contributed by atoms with Crippen molar-refractivity contribution < 1.29 is 13.9 Å². The van der Waals surface area contributed by atoms with Crippen molar-refractivity contribution in [3.05, 3.63) is 23.5 Å². The molecule has 0 amide bonds. The van der Waals surface area contributed by atoms with E-state index in [0.29, 0.717) is 43.2 Å². The van der Waals surface area contributed by atoms with Crippen molar-refractivity contribution in [2.24, 2.45) is 5.73 Å². The highest BCUT2D eigenvalue weighted by atomic mass is 19.1. The van der Waals surface area contributed by atoms with Gasteiger partial charge in [0, 0.05) is 6.07 Å². The van der Waals surface area contributed by atoms with Crippen molar-refractivity contribution in [2.45, 2.75) is 6.42 Å². The normalized spacial score (nSPS) is 14.1. The highest BCUT2D eigenvalue weighted by Crippen LogP contribution is 2.32. The van der Waals surface area contributed by atoms with Crippen LogP contribution in [-0.2, 0) is 6.42 Å². The van der Waals surface area contributed by atoms with E-state index in [4.69, 9.17) is 15.2 Å². The lowest BCUT2D eigenvalue weighted by molar-refractivity contribution is 0.170. The number of fused-ring (bicyclic) bond motifs is 1. The molecule has 2 rings (SSSR count). The van der Waals surface area contributed by atoms with Gasteiger partial charge in [0.25, 0.3) is 0 Å². The van der Waals surface area contributed by atoms with E-state index in [9.17, 15) is 4.39 Å². The average Bonchev–Trinajstić information content (AvgIpc) is 2.19.